The summed E-state index contributed by atoms with van der Waals surface area (Å²) in [6, 6.07) is 9.69. The van der Waals surface area contributed by atoms with Crippen LogP contribution in [0.5, 0.6) is 17.2 Å². The van der Waals surface area contributed by atoms with Gasteiger partial charge in [-0.05, 0) is 30.3 Å². The van der Waals surface area contributed by atoms with E-state index in [1.54, 1.807) is 30.3 Å². The molecule has 20 heavy (non-hydrogen) atoms. The number of methoxy groups -OCH3 is 1. The molecule has 0 unspecified atom stereocenters. The third-order valence-corrected chi connectivity index (χ3v) is 3.01. The zero-order valence-corrected chi connectivity index (χ0v) is 11.5. The van der Waals surface area contributed by atoms with Crippen LogP contribution in [0.25, 0.3) is 0 Å². The van der Waals surface area contributed by atoms with E-state index in [4.69, 9.17) is 32.5 Å². The molecule has 0 aliphatic heterocycles. The molecule has 0 aliphatic carbocycles. The van der Waals surface area contributed by atoms with Crippen LogP contribution in [0.4, 0.5) is 5.69 Å². The number of nitrogens with two attached hydrogens (primary N) is 2. The molecule has 2 aromatic rings. The maximum absolute atomic E-state index is 11.1. The Morgan fingerprint density at radius 1 is 1.15 bits per heavy atom. The summed E-state index contributed by atoms with van der Waals surface area (Å²) in [5.74, 6) is 0.645. The molecular formula is C14H13ClN2O3. The molecule has 0 saturated heterocycles. The minimum absolute atomic E-state index is 0.327. The summed E-state index contributed by atoms with van der Waals surface area (Å²) in [5, 5.41) is 0.398. The highest BCUT2D eigenvalue weighted by Gasteiger charge is 2.12. The van der Waals surface area contributed by atoms with E-state index in [0.29, 0.717) is 33.5 Å². The van der Waals surface area contributed by atoms with Gasteiger partial charge in [0.15, 0.2) is 17.2 Å². The summed E-state index contributed by atoms with van der Waals surface area (Å²) in [4.78, 5) is 11.1. The fourth-order valence-electron chi connectivity index (χ4n) is 1.63. The molecule has 0 fully saturated rings. The zero-order valence-electron chi connectivity index (χ0n) is 10.7. The van der Waals surface area contributed by atoms with E-state index in [1.165, 1.54) is 13.2 Å². The van der Waals surface area contributed by atoms with Crippen molar-refractivity contribution in [3.05, 3.63) is 47.0 Å². The predicted molar refractivity (Wildman–Crippen MR) is 77.5 cm³/mol. The van der Waals surface area contributed by atoms with Gasteiger partial charge in [0.25, 0.3) is 0 Å². The Bertz CT molecular complexity index is 659. The summed E-state index contributed by atoms with van der Waals surface area (Å²) < 4.78 is 10.8. The first-order valence-electron chi connectivity index (χ1n) is 5.72. The second-order valence-electron chi connectivity index (χ2n) is 3.98. The largest absolute Gasteiger partial charge is 0.493 e. The molecule has 0 bridgehead atoms. The van der Waals surface area contributed by atoms with Crippen LogP contribution in [0.1, 0.15) is 10.4 Å². The SMILES string of the molecule is COc1cc(C(N)=O)ccc1Oc1cccc(Cl)c1N. The third-order valence-electron chi connectivity index (χ3n) is 2.68. The molecule has 0 radical (unpaired) electrons. The van der Waals surface area contributed by atoms with Gasteiger partial charge < -0.3 is 20.9 Å². The molecule has 0 spiro atoms. The van der Waals surface area contributed by atoms with Gasteiger partial charge in [-0.25, -0.2) is 0 Å². The lowest BCUT2D eigenvalue weighted by atomic mass is 10.2. The Balaban J connectivity index is 2.38. The van der Waals surface area contributed by atoms with Gasteiger partial charge in [-0.2, -0.15) is 0 Å². The van der Waals surface area contributed by atoms with Crippen LogP contribution in [-0.2, 0) is 0 Å². The van der Waals surface area contributed by atoms with Gasteiger partial charge in [-0.15, -0.1) is 0 Å². The van der Waals surface area contributed by atoms with Gasteiger partial charge in [-0.1, -0.05) is 17.7 Å². The lowest BCUT2D eigenvalue weighted by Gasteiger charge is -2.13. The highest BCUT2D eigenvalue weighted by Crippen LogP contribution is 2.37. The van der Waals surface area contributed by atoms with Crippen LogP contribution in [0.3, 0.4) is 0 Å². The highest BCUT2D eigenvalue weighted by molar-refractivity contribution is 6.33. The summed E-state index contributed by atoms with van der Waals surface area (Å²) in [7, 11) is 1.47. The molecule has 2 rings (SSSR count). The Kier molecular flexibility index (Phi) is 4.00. The first-order chi connectivity index (χ1) is 9.52. The monoisotopic (exact) mass is 292 g/mol. The molecule has 104 valence electrons. The summed E-state index contributed by atoms with van der Waals surface area (Å²) in [5.41, 5.74) is 11.7. The Hall–Kier alpha value is -2.40. The second kappa shape index (κ2) is 5.71. The van der Waals surface area contributed by atoms with Crippen molar-refractivity contribution in [3.63, 3.8) is 0 Å². The van der Waals surface area contributed by atoms with Crippen molar-refractivity contribution < 1.29 is 14.3 Å². The summed E-state index contributed by atoms with van der Waals surface area (Å²) in [6.07, 6.45) is 0. The molecule has 4 N–H and O–H groups in total. The number of anilines is 1. The highest BCUT2D eigenvalue weighted by atomic mass is 35.5. The van der Waals surface area contributed by atoms with Crippen molar-refractivity contribution >= 4 is 23.2 Å². The molecule has 0 aromatic heterocycles. The van der Waals surface area contributed by atoms with Gasteiger partial charge >= 0.3 is 0 Å². The molecular weight excluding hydrogens is 280 g/mol. The van der Waals surface area contributed by atoms with E-state index in [0.717, 1.165) is 0 Å². The molecule has 1 amide bonds. The molecule has 0 heterocycles. The van der Waals surface area contributed by atoms with Crippen LogP contribution in [0, 0.1) is 0 Å². The minimum Gasteiger partial charge on any atom is -0.493 e. The Morgan fingerprint density at radius 2 is 1.90 bits per heavy atom. The molecule has 6 heteroatoms. The van der Waals surface area contributed by atoms with Gasteiger partial charge in [0.1, 0.15) is 0 Å². The molecule has 0 atom stereocenters. The Morgan fingerprint density at radius 3 is 2.55 bits per heavy atom. The number of halogens is 1. The smallest absolute Gasteiger partial charge is 0.248 e. The summed E-state index contributed by atoms with van der Waals surface area (Å²) >= 11 is 5.92. The van der Waals surface area contributed by atoms with Gasteiger partial charge in [0.2, 0.25) is 5.91 Å². The maximum atomic E-state index is 11.1. The number of carbonyl (C=O) groups is 1. The number of primary amides is 1. The van der Waals surface area contributed by atoms with Crippen molar-refractivity contribution in [2.75, 3.05) is 12.8 Å². The number of carbonyl (C=O) groups excluding carboxylic acids is 1. The van der Waals surface area contributed by atoms with E-state index in [-0.39, 0.29) is 0 Å². The van der Waals surface area contributed by atoms with Crippen LogP contribution < -0.4 is 20.9 Å². The predicted octanol–water partition coefficient (Wildman–Crippen LogP) is 2.82. The minimum atomic E-state index is -0.544. The number of hydrogen-bond donors (Lipinski definition) is 2. The van der Waals surface area contributed by atoms with Crippen LogP contribution in [0.2, 0.25) is 5.02 Å². The Labute approximate surface area is 121 Å². The van der Waals surface area contributed by atoms with Crippen LogP contribution in [0.15, 0.2) is 36.4 Å². The molecule has 2 aromatic carbocycles. The number of para-hydroxylation sites is 1. The van der Waals surface area contributed by atoms with Gasteiger partial charge in [0.05, 0.1) is 17.8 Å². The topological polar surface area (TPSA) is 87.6 Å². The van der Waals surface area contributed by atoms with E-state index in [2.05, 4.69) is 0 Å². The van der Waals surface area contributed by atoms with Crippen molar-refractivity contribution in [2.45, 2.75) is 0 Å². The number of hydrogen-bond acceptors (Lipinski definition) is 4. The van der Waals surface area contributed by atoms with Gasteiger partial charge in [-0.3, -0.25) is 4.79 Å². The number of benzene rings is 2. The number of nitrogen functional groups attached to an aromatic ring is 1. The van der Waals surface area contributed by atoms with E-state index >= 15 is 0 Å². The fraction of sp³-hybridized carbons (Fsp3) is 0.0714. The number of rotatable bonds is 4. The summed E-state index contributed by atoms with van der Waals surface area (Å²) in [6.45, 7) is 0. The normalized spacial score (nSPS) is 10.1. The standard InChI is InChI=1S/C14H13ClN2O3/c1-19-12-7-8(14(17)18)5-6-10(12)20-11-4-2-3-9(15)13(11)16/h2-7H,16H2,1H3,(H2,17,18). The number of amides is 1. The second-order valence-corrected chi connectivity index (χ2v) is 4.39. The third kappa shape index (κ3) is 2.78. The van der Waals surface area contributed by atoms with Crippen molar-refractivity contribution in [1.82, 2.24) is 0 Å². The lowest BCUT2D eigenvalue weighted by molar-refractivity contribution is 0.1000. The lowest BCUT2D eigenvalue weighted by Crippen LogP contribution is -2.10. The average molecular weight is 293 g/mol. The van der Waals surface area contributed by atoms with Gasteiger partial charge in [0, 0.05) is 5.56 Å². The zero-order chi connectivity index (χ0) is 14.7. The molecule has 0 aliphatic rings. The van der Waals surface area contributed by atoms with Crippen molar-refractivity contribution in [3.8, 4) is 17.2 Å². The van der Waals surface area contributed by atoms with E-state index in [9.17, 15) is 4.79 Å². The average Bonchev–Trinajstić information content (AvgIpc) is 2.44. The molecule has 0 saturated carbocycles. The van der Waals surface area contributed by atoms with Crippen molar-refractivity contribution in [2.24, 2.45) is 5.73 Å². The maximum Gasteiger partial charge on any atom is 0.248 e. The first-order valence-corrected chi connectivity index (χ1v) is 6.10. The van der Waals surface area contributed by atoms with Crippen molar-refractivity contribution in [1.29, 1.82) is 0 Å². The van der Waals surface area contributed by atoms with Crippen LogP contribution in [-0.4, -0.2) is 13.0 Å². The van der Waals surface area contributed by atoms with E-state index < -0.39 is 5.91 Å². The quantitative estimate of drug-likeness (QED) is 0.848. The fourth-order valence-corrected chi connectivity index (χ4v) is 1.80. The van der Waals surface area contributed by atoms with Crippen LogP contribution >= 0.6 is 11.6 Å². The number of ether oxygens (including phenoxy) is 2. The van der Waals surface area contributed by atoms with E-state index in [1.807, 2.05) is 0 Å². The molecule has 5 nitrogen and oxygen atoms in total. The first kappa shape index (κ1) is 14.0.